The monoisotopic (exact) mass is 480 g/mol. The molecular weight excluding hydrogens is 444 g/mol. The lowest BCUT2D eigenvalue weighted by molar-refractivity contribution is -0.134. The van der Waals surface area contributed by atoms with Crippen molar-refractivity contribution in [1.29, 1.82) is 0 Å². The molecule has 6 nitrogen and oxygen atoms in total. The molecule has 35 heavy (non-hydrogen) atoms. The standard InChI is InChI=1S/C29H36O6/c1-6-7-16-29(3,27(31)14-11-22-9-8-21(2)24(17-22)19-30)28(32)15-12-23-10-13-25(35-20-33-4)26(18-23)34-5/h8-15,17-18,30H,6-7,16,19-20H2,1-5H3/b14-11+,15-12+. The lowest BCUT2D eigenvalue weighted by atomic mass is 9.76. The van der Waals surface area contributed by atoms with Crippen molar-refractivity contribution in [2.75, 3.05) is 21.0 Å². The Morgan fingerprint density at radius 2 is 1.60 bits per heavy atom. The Morgan fingerprint density at radius 1 is 0.971 bits per heavy atom. The topological polar surface area (TPSA) is 82.1 Å². The van der Waals surface area contributed by atoms with Crippen molar-refractivity contribution in [3.05, 3.63) is 70.8 Å². The fourth-order valence-corrected chi connectivity index (χ4v) is 3.60. The van der Waals surface area contributed by atoms with Gasteiger partial charge in [0.15, 0.2) is 29.9 Å². The number of rotatable bonds is 14. The molecule has 188 valence electrons. The first-order valence-corrected chi connectivity index (χ1v) is 11.7. The van der Waals surface area contributed by atoms with E-state index in [0.29, 0.717) is 17.9 Å². The fourth-order valence-electron chi connectivity index (χ4n) is 3.60. The summed E-state index contributed by atoms with van der Waals surface area (Å²) < 4.78 is 15.8. The predicted octanol–water partition coefficient (Wildman–Crippen LogP) is 5.54. The minimum atomic E-state index is -1.17. The van der Waals surface area contributed by atoms with Gasteiger partial charge in [-0.3, -0.25) is 9.59 Å². The van der Waals surface area contributed by atoms with Crippen molar-refractivity contribution >= 4 is 23.7 Å². The molecule has 0 saturated carbocycles. The molecule has 2 aromatic rings. The number of hydrogen-bond acceptors (Lipinski definition) is 6. The van der Waals surface area contributed by atoms with Gasteiger partial charge in [0.1, 0.15) is 0 Å². The van der Waals surface area contributed by atoms with Gasteiger partial charge < -0.3 is 19.3 Å². The van der Waals surface area contributed by atoms with E-state index < -0.39 is 5.41 Å². The normalized spacial score (nSPS) is 13.2. The molecule has 0 spiro atoms. The molecule has 0 heterocycles. The van der Waals surface area contributed by atoms with Gasteiger partial charge in [0.25, 0.3) is 0 Å². The number of carbonyl (C=O) groups is 2. The van der Waals surface area contributed by atoms with Gasteiger partial charge in [0, 0.05) is 7.11 Å². The lowest BCUT2D eigenvalue weighted by Crippen LogP contribution is -2.34. The second kappa shape index (κ2) is 13.6. The Morgan fingerprint density at radius 3 is 2.17 bits per heavy atom. The molecule has 0 bridgehead atoms. The van der Waals surface area contributed by atoms with Crippen LogP contribution in [0.4, 0.5) is 0 Å². The highest BCUT2D eigenvalue weighted by Crippen LogP contribution is 2.31. The Balaban J connectivity index is 2.25. The van der Waals surface area contributed by atoms with E-state index in [1.165, 1.54) is 26.4 Å². The van der Waals surface area contributed by atoms with E-state index in [1.807, 2.05) is 32.0 Å². The average molecular weight is 481 g/mol. The maximum absolute atomic E-state index is 13.3. The Hall–Kier alpha value is -3.22. The third-order valence-electron chi connectivity index (χ3n) is 6.04. The van der Waals surface area contributed by atoms with E-state index in [-0.39, 0.29) is 25.0 Å². The second-order valence-electron chi connectivity index (χ2n) is 8.64. The van der Waals surface area contributed by atoms with Crippen LogP contribution in [0.15, 0.2) is 48.6 Å². The minimum Gasteiger partial charge on any atom is -0.493 e. The number of hydrogen-bond donors (Lipinski definition) is 1. The molecule has 0 amide bonds. The van der Waals surface area contributed by atoms with Crippen LogP contribution in [-0.2, 0) is 20.9 Å². The van der Waals surface area contributed by atoms with E-state index >= 15 is 0 Å². The maximum atomic E-state index is 13.3. The predicted molar refractivity (Wildman–Crippen MR) is 138 cm³/mol. The van der Waals surface area contributed by atoms with Gasteiger partial charge in [-0.05, 0) is 72.9 Å². The van der Waals surface area contributed by atoms with Gasteiger partial charge in [-0.1, -0.05) is 50.1 Å². The smallest absolute Gasteiger partial charge is 0.188 e. The largest absolute Gasteiger partial charge is 0.493 e. The summed E-state index contributed by atoms with van der Waals surface area (Å²) in [6.07, 6.45) is 8.40. The van der Waals surface area contributed by atoms with Crippen LogP contribution in [0.1, 0.15) is 55.4 Å². The van der Waals surface area contributed by atoms with Crippen LogP contribution in [-0.4, -0.2) is 37.7 Å². The van der Waals surface area contributed by atoms with E-state index in [9.17, 15) is 14.7 Å². The zero-order valence-corrected chi connectivity index (χ0v) is 21.3. The Kier molecular flexibility index (Phi) is 10.9. The van der Waals surface area contributed by atoms with E-state index in [4.69, 9.17) is 14.2 Å². The molecule has 2 rings (SSSR count). The molecule has 0 saturated heterocycles. The molecule has 0 aromatic heterocycles. The summed E-state index contributed by atoms with van der Waals surface area (Å²) in [6, 6.07) is 10.9. The summed E-state index contributed by atoms with van der Waals surface area (Å²) in [5.41, 5.74) is 2.17. The number of carbonyl (C=O) groups excluding carboxylic acids is 2. The summed E-state index contributed by atoms with van der Waals surface area (Å²) >= 11 is 0. The SMILES string of the molecule is CCCCC(C)(C(=O)/C=C/c1ccc(C)c(CO)c1)C(=O)/C=C/c1ccc(OCOC)c(OC)c1. The van der Waals surface area contributed by atoms with Gasteiger partial charge in [-0.2, -0.15) is 0 Å². The van der Waals surface area contributed by atoms with Crippen molar-refractivity contribution in [1.82, 2.24) is 0 Å². The van der Waals surface area contributed by atoms with Crippen molar-refractivity contribution in [3.8, 4) is 11.5 Å². The van der Waals surface area contributed by atoms with Gasteiger partial charge >= 0.3 is 0 Å². The first-order chi connectivity index (χ1) is 16.8. The molecule has 2 aromatic carbocycles. The van der Waals surface area contributed by atoms with Crippen LogP contribution < -0.4 is 9.47 Å². The summed E-state index contributed by atoms with van der Waals surface area (Å²) in [4.78, 5) is 26.5. The van der Waals surface area contributed by atoms with Crippen LogP contribution in [0.3, 0.4) is 0 Å². The molecule has 1 unspecified atom stereocenters. The molecule has 0 aliphatic rings. The second-order valence-corrected chi connectivity index (χ2v) is 8.64. The van der Waals surface area contributed by atoms with Gasteiger partial charge in [0.2, 0.25) is 0 Å². The number of ketones is 2. The number of aliphatic hydroxyl groups is 1. The van der Waals surface area contributed by atoms with Crippen molar-refractivity contribution in [2.45, 2.75) is 46.6 Å². The number of unbranched alkanes of at least 4 members (excludes halogenated alkanes) is 1. The highest BCUT2D eigenvalue weighted by Gasteiger charge is 2.37. The van der Waals surface area contributed by atoms with Gasteiger partial charge in [-0.15, -0.1) is 0 Å². The minimum absolute atomic E-state index is 0.0662. The fraction of sp³-hybridized carbons (Fsp3) is 0.379. The quantitative estimate of drug-likeness (QED) is 0.217. The van der Waals surface area contributed by atoms with E-state index in [0.717, 1.165) is 35.1 Å². The first kappa shape index (κ1) is 28.0. The summed E-state index contributed by atoms with van der Waals surface area (Å²) in [5, 5.41) is 9.50. The lowest BCUT2D eigenvalue weighted by Gasteiger charge is -2.23. The number of aryl methyl sites for hydroxylation is 1. The van der Waals surface area contributed by atoms with Crippen molar-refractivity contribution < 1.29 is 28.9 Å². The average Bonchev–Trinajstić information content (AvgIpc) is 2.88. The highest BCUT2D eigenvalue weighted by atomic mass is 16.7. The third-order valence-corrected chi connectivity index (χ3v) is 6.04. The number of benzene rings is 2. The van der Waals surface area contributed by atoms with Crippen molar-refractivity contribution in [3.63, 3.8) is 0 Å². The molecule has 0 aliphatic carbocycles. The number of allylic oxidation sites excluding steroid dienone is 2. The van der Waals surface area contributed by atoms with Crippen LogP contribution in [0, 0.1) is 12.3 Å². The number of ether oxygens (including phenoxy) is 3. The summed E-state index contributed by atoms with van der Waals surface area (Å²) in [7, 11) is 3.08. The maximum Gasteiger partial charge on any atom is 0.188 e. The number of methoxy groups -OCH3 is 2. The number of aliphatic hydroxyl groups excluding tert-OH is 1. The zero-order chi connectivity index (χ0) is 25.8. The molecule has 0 fully saturated rings. The Labute approximate surface area is 208 Å². The summed E-state index contributed by atoms with van der Waals surface area (Å²) in [6.45, 7) is 5.69. The molecule has 0 aliphatic heterocycles. The Bertz CT molecular complexity index is 1070. The van der Waals surface area contributed by atoms with Crippen LogP contribution in [0.5, 0.6) is 11.5 Å². The molecule has 1 atom stereocenters. The first-order valence-electron chi connectivity index (χ1n) is 11.7. The van der Waals surface area contributed by atoms with Crippen LogP contribution in [0.2, 0.25) is 0 Å². The summed E-state index contributed by atoms with van der Waals surface area (Å²) in [5.74, 6) is 0.558. The molecular formula is C29H36O6. The van der Waals surface area contributed by atoms with Crippen molar-refractivity contribution in [2.24, 2.45) is 5.41 Å². The molecule has 6 heteroatoms. The zero-order valence-electron chi connectivity index (χ0n) is 21.3. The third kappa shape index (κ3) is 7.64. The van der Waals surface area contributed by atoms with Gasteiger partial charge in [0.05, 0.1) is 19.1 Å². The van der Waals surface area contributed by atoms with Gasteiger partial charge in [-0.25, -0.2) is 0 Å². The van der Waals surface area contributed by atoms with E-state index in [2.05, 4.69) is 0 Å². The van der Waals surface area contributed by atoms with Crippen LogP contribution >= 0.6 is 0 Å². The highest BCUT2D eigenvalue weighted by molar-refractivity contribution is 6.17. The van der Waals surface area contributed by atoms with Crippen LogP contribution in [0.25, 0.3) is 12.2 Å². The van der Waals surface area contributed by atoms with E-state index in [1.54, 1.807) is 37.3 Å². The molecule has 0 radical (unpaired) electrons. The molecule has 1 N–H and O–H groups in total.